The van der Waals surface area contributed by atoms with Gasteiger partial charge in [0.05, 0.1) is 10.9 Å². The van der Waals surface area contributed by atoms with E-state index in [1.165, 1.54) is 12.1 Å². The molecule has 3 N–H and O–H groups in total. The number of phenols is 1. The number of para-hydroxylation sites is 1. The number of aryl methyl sites for hydroxylation is 2. The summed E-state index contributed by atoms with van der Waals surface area (Å²) in [6.07, 6.45) is 0. The Bertz CT molecular complexity index is 1470. The number of carbonyl (C=O) groups excluding carboxylic acids is 1. The number of hydrogen-bond donors (Lipinski definition) is 3. The molecule has 0 spiro atoms. The molecule has 1 unspecified atom stereocenters. The second kappa shape index (κ2) is 8.57. The number of nitrogens with one attached hydrogen (secondary N) is 2. The van der Waals surface area contributed by atoms with Gasteiger partial charge in [0.1, 0.15) is 16.3 Å². The first-order valence-electron chi connectivity index (χ1n) is 10.3. The molecule has 33 heavy (non-hydrogen) atoms. The molecule has 0 radical (unpaired) electrons. The summed E-state index contributed by atoms with van der Waals surface area (Å²) in [5.74, 6) is -0.571. The van der Waals surface area contributed by atoms with Gasteiger partial charge in [-0.15, -0.1) is 0 Å². The van der Waals surface area contributed by atoms with Crippen molar-refractivity contribution in [2.75, 3.05) is 0 Å². The van der Waals surface area contributed by atoms with Crippen molar-refractivity contribution in [3.05, 3.63) is 88.1 Å². The van der Waals surface area contributed by atoms with Crippen molar-refractivity contribution in [2.24, 2.45) is 0 Å². The standard InChI is InChI=1S/C25H23ClN2O4S/c1-14-10-15(2)12-18(11-14)33(31,32)24-20-13-17(26)8-9-21(20)28-23(24)25(30)27-16(3)19-6-4-5-7-22(19)29/h4-13,16,28-29H,1-3H3,(H,27,30). The number of aromatic amines is 1. The number of H-pyrrole nitrogens is 1. The Morgan fingerprint density at radius 1 is 1.03 bits per heavy atom. The van der Waals surface area contributed by atoms with Crippen molar-refractivity contribution in [1.82, 2.24) is 10.3 Å². The molecule has 0 aliphatic heterocycles. The van der Waals surface area contributed by atoms with Crippen LogP contribution in [0.1, 0.15) is 40.1 Å². The van der Waals surface area contributed by atoms with Gasteiger partial charge >= 0.3 is 0 Å². The number of fused-ring (bicyclic) bond motifs is 1. The van der Waals surface area contributed by atoms with Crippen LogP contribution in [0.4, 0.5) is 0 Å². The molecule has 4 aromatic rings. The van der Waals surface area contributed by atoms with Crippen LogP contribution < -0.4 is 5.32 Å². The summed E-state index contributed by atoms with van der Waals surface area (Å²) >= 11 is 6.17. The number of phenolic OH excluding ortho intramolecular Hbond substituents is 1. The quantitative estimate of drug-likeness (QED) is 0.351. The maximum Gasteiger partial charge on any atom is 0.269 e. The Morgan fingerprint density at radius 2 is 1.70 bits per heavy atom. The third-order valence-electron chi connectivity index (χ3n) is 5.47. The third kappa shape index (κ3) is 4.34. The molecule has 1 aromatic heterocycles. The molecule has 6 nitrogen and oxygen atoms in total. The molecule has 0 aliphatic rings. The van der Waals surface area contributed by atoms with Crippen LogP contribution in [-0.4, -0.2) is 24.4 Å². The van der Waals surface area contributed by atoms with E-state index in [1.807, 2.05) is 19.9 Å². The molecular formula is C25H23ClN2O4S. The Labute approximate surface area is 197 Å². The number of halogens is 1. The highest BCUT2D eigenvalue weighted by Crippen LogP contribution is 2.34. The fourth-order valence-corrected chi connectivity index (χ4v) is 5.95. The zero-order valence-electron chi connectivity index (χ0n) is 18.3. The maximum atomic E-state index is 13.8. The van der Waals surface area contributed by atoms with Crippen LogP contribution in [-0.2, 0) is 9.84 Å². The summed E-state index contributed by atoms with van der Waals surface area (Å²) < 4.78 is 27.6. The number of carbonyl (C=O) groups is 1. The first-order valence-corrected chi connectivity index (χ1v) is 12.2. The molecule has 170 valence electrons. The first-order chi connectivity index (χ1) is 15.6. The Kier molecular flexibility index (Phi) is 5.95. The zero-order valence-corrected chi connectivity index (χ0v) is 19.9. The van der Waals surface area contributed by atoms with Gasteiger partial charge in [-0.1, -0.05) is 35.9 Å². The van der Waals surface area contributed by atoms with Crippen molar-refractivity contribution in [2.45, 2.75) is 36.6 Å². The Hall–Kier alpha value is -3.29. The minimum absolute atomic E-state index is 0.0387. The van der Waals surface area contributed by atoms with Gasteiger partial charge in [-0.25, -0.2) is 8.42 Å². The second-order valence-corrected chi connectivity index (χ2v) is 10.4. The average molecular weight is 483 g/mol. The summed E-state index contributed by atoms with van der Waals surface area (Å²) in [6, 6.07) is 15.9. The van der Waals surface area contributed by atoms with Gasteiger partial charge < -0.3 is 15.4 Å². The molecule has 8 heteroatoms. The minimum Gasteiger partial charge on any atom is -0.508 e. The van der Waals surface area contributed by atoms with Gasteiger partial charge in [0.15, 0.2) is 0 Å². The Morgan fingerprint density at radius 3 is 2.36 bits per heavy atom. The molecule has 4 rings (SSSR count). The highest BCUT2D eigenvalue weighted by atomic mass is 35.5. The van der Waals surface area contributed by atoms with E-state index in [4.69, 9.17) is 11.6 Å². The van der Waals surface area contributed by atoms with Crippen LogP contribution in [0.15, 0.2) is 70.5 Å². The van der Waals surface area contributed by atoms with E-state index >= 15 is 0 Å². The van der Waals surface area contributed by atoms with E-state index in [0.717, 1.165) is 11.1 Å². The summed E-state index contributed by atoms with van der Waals surface area (Å²) in [4.78, 5) is 16.2. The second-order valence-electron chi connectivity index (χ2n) is 8.10. The van der Waals surface area contributed by atoms with Gasteiger partial charge in [-0.2, -0.15) is 0 Å². The predicted octanol–water partition coefficient (Wildman–Crippen LogP) is 5.47. The number of aromatic hydroxyl groups is 1. The van der Waals surface area contributed by atoms with E-state index < -0.39 is 21.8 Å². The zero-order chi connectivity index (χ0) is 23.9. The molecule has 1 heterocycles. The van der Waals surface area contributed by atoms with Crippen molar-refractivity contribution < 1.29 is 18.3 Å². The molecule has 0 saturated carbocycles. The van der Waals surface area contributed by atoms with E-state index in [9.17, 15) is 18.3 Å². The lowest BCUT2D eigenvalue weighted by atomic mass is 10.1. The lowest BCUT2D eigenvalue weighted by Crippen LogP contribution is -2.28. The van der Waals surface area contributed by atoms with Crippen molar-refractivity contribution in [1.29, 1.82) is 0 Å². The van der Waals surface area contributed by atoms with E-state index in [-0.39, 0.29) is 21.2 Å². The topological polar surface area (TPSA) is 99.3 Å². The fraction of sp³-hybridized carbons (Fsp3) is 0.160. The smallest absolute Gasteiger partial charge is 0.269 e. The molecule has 0 fully saturated rings. The molecule has 0 saturated heterocycles. The minimum atomic E-state index is -4.07. The average Bonchev–Trinajstić information content (AvgIpc) is 3.13. The number of aromatic nitrogens is 1. The largest absolute Gasteiger partial charge is 0.508 e. The van der Waals surface area contributed by atoms with Gasteiger partial charge in [-0.3, -0.25) is 4.79 Å². The Balaban J connectivity index is 1.87. The first kappa shape index (κ1) is 22.9. The van der Waals surface area contributed by atoms with Crippen LogP contribution >= 0.6 is 11.6 Å². The summed E-state index contributed by atoms with van der Waals surface area (Å²) in [6.45, 7) is 5.35. The highest BCUT2D eigenvalue weighted by Gasteiger charge is 2.31. The normalized spacial score (nSPS) is 12.6. The molecule has 1 atom stereocenters. The monoisotopic (exact) mass is 482 g/mol. The summed E-state index contributed by atoms with van der Waals surface area (Å²) in [7, 11) is -4.07. The SMILES string of the molecule is Cc1cc(C)cc(S(=O)(=O)c2c(C(=O)NC(C)c3ccccc3O)[nH]c3ccc(Cl)cc23)c1. The van der Waals surface area contributed by atoms with Crippen LogP contribution in [0.3, 0.4) is 0 Å². The van der Waals surface area contributed by atoms with Crippen LogP contribution in [0, 0.1) is 13.8 Å². The van der Waals surface area contributed by atoms with Crippen LogP contribution in [0.2, 0.25) is 5.02 Å². The number of rotatable bonds is 5. The van der Waals surface area contributed by atoms with Gasteiger partial charge in [0.25, 0.3) is 5.91 Å². The number of amides is 1. The van der Waals surface area contributed by atoms with Crippen molar-refractivity contribution >= 4 is 38.2 Å². The van der Waals surface area contributed by atoms with E-state index in [1.54, 1.807) is 49.4 Å². The van der Waals surface area contributed by atoms with Crippen LogP contribution in [0.25, 0.3) is 10.9 Å². The lowest BCUT2D eigenvalue weighted by Gasteiger charge is -2.16. The summed E-state index contributed by atoms with van der Waals surface area (Å²) in [5, 5.41) is 13.6. The van der Waals surface area contributed by atoms with Crippen LogP contribution in [0.5, 0.6) is 5.75 Å². The predicted molar refractivity (Wildman–Crippen MR) is 129 cm³/mol. The third-order valence-corrected chi connectivity index (χ3v) is 7.52. The van der Waals surface area contributed by atoms with E-state index in [0.29, 0.717) is 21.5 Å². The number of sulfone groups is 1. The molecule has 0 aliphatic carbocycles. The van der Waals surface area contributed by atoms with Gasteiger partial charge in [-0.05, 0) is 68.3 Å². The number of benzene rings is 3. The van der Waals surface area contributed by atoms with Crippen molar-refractivity contribution in [3.8, 4) is 5.75 Å². The maximum absolute atomic E-state index is 13.8. The number of hydrogen-bond acceptors (Lipinski definition) is 4. The van der Waals surface area contributed by atoms with Crippen molar-refractivity contribution in [3.63, 3.8) is 0 Å². The van der Waals surface area contributed by atoms with E-state index in [2.05, 4.69) is 10.3 Å². The van der Waals surface area contributed by atoms with Gasteiger partial charge in [0.2, 0.25) is 9.84 Å². The molecule has 3 aromatic carbocycles. The lowest BCUT2D eigenvalue weighted by molar-refractivity contribution is 0.0932. The molecule has 1 amide bonds. The fourth-order valence-electron chi connectivity index (χ4n) is 3.98. The summed E-state index contributed by atoms with van der Waals surface area (Å²) in [5.41, 5.74) is 2.50. The highest BCUT2D eigenvalue weighted by molar-refractivity contribution is 7.91. The van der Waals surface area contributed by atoms with Gasteiger partial charge in [0, 0.05) is 21.5 Å². The molecule has 0 bridgehead atoms. The molecular weight excluding hydrogens is 460 g/mol.